The molecule has 1 N–H and O–H groups in total. The van der Waals surface area contributed by atoms with E-state index in [1.54, 1.807) is 0 Å². The number of thioether (sulfide) groups is 1. The fourth-order valence-electron chi connectivity index (χ4n) is 4.99. The largest absolute Gasteiger partial charge is 0.356 e. The molecule has 5 rings (SSSR count). The van der Waals surface area contributed by atoms with Crippen molar-refractivity contribution in [1.82, 2.24) is 20.2 Å². The van der Waals surface area contributed by atoms with E-state index in [4.69, 9.17) is 26.1 Å². The van der Waals surface area contributed by atoms with E-state index in [2.05, 4.69) is 20.1 Å². The number of carbonyl (C=O) groups is 1. The van der Waals surface area contributed by atoms with Gasteiger partial charge in [-0.1, -0.05) is 41.9 Å². The molecule has 10 heteroatoms. The van der Waals surface area contributed by atoms with Crippen molar-refractivity contribution in [3.05, 3.63) is 46.6 Å². The third-order valence-corrected chi connectivity index (χ3v) is 8.18. The lowest BCUT2D eigenvalue weighted by Crippen LogP contribution is -2.45. The zero-order valence-corrected chi connectivity index (χ0v) is 22.2. The number of aromatic nitrogens is 2. The van der Waals surface area contributed by atoms with Crippen LogP contribution in [0.5, 0.6) is 0 Å². The minimum Gasteiger partial charge on any atom is -0.356 e. The normalized spacial score (nSPS) is 20.1. The summed E-state index contributed by atoms with van der Waals surface area (Å²) in [7, 11) is 0. The molecule has 0 bridgehead atoms. The van der Waals surface area contributed by atoms with Crippen LogP contribution in [0.15, 0.2) is 35.5 Å². The van der Waals surface area contributed by atoms with Crippen molar-refractivity contribution >= 4 is 35.1 Å². The molecule has 1 spiro atoms. The molecule has 0 atom stereocenters. The van der Waals surface area contributed by atoms with Gasteiger partial charge in [0.2, 0.25) is 0 Å². The molecule has 3 aliphatic rings. The second kappa shape index (κ2) is 12.1. The number of rotatable bonds is 8. The zero-order chi connectivity index (χ0) is 24.8. The number of benzene rings is 1. The number of carbonyl (C=O) groups excluding carboxylic acids is 1. The number of amides is 1. The first-order valence-electron chi connectivity index (χ1n) is 12.9. The summed E-state index contributed by atoms with van der Waals surface area (Å²) in [6, 6.07) is 9.56. The third kappa shape index (κ3) is 6.69. The number of hydrogen-bond donors (Lipinski definition) is 1. The van der Waals surface area contributed by atoms with E-state index in [0.717, 1.165) is 56.9 Å². The Hall–Kier alpha value is -1.91. The van der Waals surface area contributed by atoms with Gasteiger partial charge in [0.05, 0.1) is 13.2 Å². The van der Waals surface area contributed by atoms with E-state index < -0.39 is 5.79 Å². The van der Waals surface area contributed by atoms with Gasteiger partial charge in [0.15, 0.2) is 10.9 Å². The Labute approximate surface area is 222 Å². The standard InChI is InChI=1S/C26H34ClN5O3S/c27-22-18-23(32-13-8-26(9-14-32)34-16-17-35-26)30-25(29-22)36-19-20-4-6-21(7-5-20)24(33)28-10-15-31-11-2-1-3-12-31/h4-7,18H,1-3,8-17,19H2,(H,28,33). The maximum absolute atomic E-state index is 12.5. The molecule has 0 unspecified atom stereocenters. The molecule has 2 aromatic rings. The lowest BCUT2D eigenvalue weighted by atomic mass is 10.0. The fourth-order valence-corrected chi connectivity index (χ4v) is 6.02. The molecule has 4 heterocycles. The topological polar surface area (TPSA) is 79.8 Å². The first-order valence-corrected chi connectivity index (χ1v) is 14.2. The first-order chi connectivity index (χ1) is 17.6. The summed E-state index contributed by atoms with van der Waals surface area (Å²) < 4.78 is 11.7. The lowest BCUT2D eigenvalue weighted by Gasteiger charge is -2.38. The summed E-state index contributed by atoms with van der Waals surface area (Å²) in [5, 5.41) is 4.12. The van der Waals surface area contributed by atoms with Gasteiger partial charge in [-0.2, -0.15) is 0 Å². The Morgan fingerprint density at radius 1 is 1.03 bits per heavy atom. The molecule has 0 radical (unpaired) electrons. The average molecular weight is 532 g/mol. The molecular formula is C26H34ClN5O3S. The van der Waals surface area contributed by atoms with Crippen molar-refractivity contribution in [2.75, 3.05) is 57.4 Å². The summed E-state index contributed by atoms with van der Waals surface area (Å²) in [4.78, 5) is 26.3. The van der Waals surface area contributed by atoms with Gasteiger partial charge >= 0.3 is 0 Å². The quantitative estimate of drug-likeness (QED) is 0.311. The van der Waals surface area contributed by atoms with Crippen molar-refractivity contribution in [2.24, 2.45) is 0 Å². The Kier molecular flexibility index (Phi) is 8.64. The van der Waals surface area contributed by atoms with Crippen molar-refractivity contribution < 1.29 is 14.3 Å². The number of piperidine rings is 2. The molecule has 3 saturated heterocycles. The van der Waals surface area contributed by atoms with E-state index in [1.165, 1.54) is 31.0 Å². The van der Waals surface area contributed by atoms with Gasteiger partial charge in [0.25, 0.3) is 5.91 Å². The summed E-state index contributed by atoms with van der Waals surface area (Å²) in [5.74, 6) is 1.09. The van der Waals surface area contributed by atoms with Crippen molar-refractivity contribution in [1.29, 1.82) is 0 Å². The minimum absolute atomic E-state index is 0.0225. The van der Waals surface area contributed by atoms with Crippen LogP contribution in [0.2, 0.25) is 5.15 Å². The second-order valence-corrected chi connectivity index (χ2v) is 10.9. The fraction of sp³-hybridized carbons (Fsp3) is 0.577. The summed E-state index contributed by atoms with van der Waals surface area (Å²) in [6.45, 7) is 6.84. The maximum Gasteiger partial charge on any atom is 0.251 e. The first kappa shape index (κ1) is 25.7. The van der Waals surface area contributed by atoms with Crippen LogP contribution in [0.3, 0.4) is 0 Å². The van der Waals surface area contributed by atoms with Gasteiger partial charge in [-0.15, -0.1) is 0 Å². The Bertz CT molecular complexity index is 1020. The van der Waals surface area contributed by atoms with Gasteiger partial charge < -0.3 is 24.6 Å². The highest BCUT2D eigenvalue weighted by Gasteiger charge is 2.40. The van der Waals surface area contributed by atoms with Gasteiger partial charge in [-0.25, -0.2) is 9.97 Å². The second-order valence-electron chi connectivity index (χ2n) is 9.57. The van der Waals surface area contributed by atoms with Gasteiger partial charge in [0, 0.05) is 56.4 Å². The number of nitrogens with one attached hydrogen (secondary N) is 1. The smallest absolute Gasteiger partial charge is 0.251 e. The molecular weight excluding hydrogens is 498 g/mol. The Morgan fingerprint density at radius 3 is 2.47 bits per heavy atom. The Morgan fingerprint density at radius 2 is 1.75 bits per heavy atom. The predicted molar refractivity (Wildman–Crippen MR) is 142 cm³/mol. The highest BCUT2D eigenvalue weighted by Crippen LogP contribution is 2.33. The number of ether oxygens (including phenoxy) is 2. The molecule has 1 amide bonds. The predicted octanol–water partition coefficient (Wildman–Crippen LogP) is 3.98. The lowest BCUT2D eigenvalue weighted by molar-refractivity contribution is -0.169. The van der Waals surface area contributed by atoms with Crippen LogP contribution < -0.4 is 10.2 Å². The van der Waals surface area contributed by atoms with E-state index in [0.29, 0.717) is 41.4 Å². The molecule has 1 aromatic carbocycles. The summed E-state index contributed by atoms with van der Waals surface area (Å²) in [5.41, 5.74) is 1.78. The molecule has 3 aliphatic heterocycles. The summed E-state index contributed by atoms with van der Waals surface area (Å²) in [6.07, 6.45) is 5.48. The molecule has 3 fully saturated rings. The van der Waals surface area contributed by atoms with Crippen molar-refractivity contribution in [3.63, 3.8) is 0 Å². The number of anilines is 1. The molecule has 194 valence electrons. The van der Waals surface area contributed by atoms with E-state index in [9.17, 15) is 4.79 Å². The molecule has 0 saturated carbocycles. The van der Waals surface area contributed by atoms with Crippen LogP contribution in [0.25, 0.3) is 0 Å². The number of halogens is 1. The SMILES string of the molecule is O=C(NCCN1CCCCC1)c1ccc(CSc2nc(Cl)cc(N3CCC4(CC3)OCCO4)n2)cc1. The molecule has 36 heavy (non-hydrogen) atoms. The van der Waals surface area contributed by atoms with E-state index in [1.807, 2.05) is 30.3 Å². The number of likely N-dealkylation sites (tertiary alicyclic amines) is 1. The van der Waals surface area contributed by atoms with Crippen LogP contribution >= 0.6 is 23.4 Å². The molecule has 0 aliphatic carbocycles. The van der Waals surface area contributed by atoms with Gasteiger partial charge in [-0.05, 0) is 43.6 Å². The van der Waals surface area contributed by atoms with Crippen LogP contribution in [0, 0.1) is 0 Å². The van der Waals surface area contributed by atoms with Crippen LogP contribution in [-0.4, -0.2) is 79.0 Å². The maximum atomic E-state index is 12.5. The number of hydrogen-bond acceptors (Lipinski definition) is 8. The van der Waals surface area contributed by atoms with Gasteiger partial charge in [0.1, 0.15) is 11.0 Å². The van der Waals surface area contributed by atoms with Crippen LogP contribution in [0.1, 0.15) is 48.0 Å². The third-order valence-electron chi connectivity index (χ3n) is 7.07. The van der Waals surface area contributed by atoms with Crippen LogP contribution in [-0.2, 0) is 15.2 Å². The molecule has 8 nitrogen and oxygen atoms in total. The summed E-state index contributed by atoms with van der Waals surface area (Å²) >= 11 is 7.87. The van der Waals surface area contributed by atoms with Gasteiger partial charge in [-0.3, -0.25) is 4.79 Å². The van der Waals surface area contributed by atoms with Crippen molar-refractivity contribution in [3.8, 4) is 0 Å². The Balaban J connectivity index is 1.10. The highest BCUT2D eigenvalue weighted by atomic mass is 35.5. The monoisotopic (exact) mass is 531 g/mol. The van der Waals surface area contributed by atoms with Crippen LogP contribution in [0.4, 0.5) is 5.82 Å². The molecule has 1 aromatic heterocycles. The van der Waals surface area contributed by atoms with Crippen molar-refractivity contribution in [2.45, 2.75) is 48.8 Å². The number of nitrogens with zero attached hydrogens (tertiary/aromatic N) is 4. The zero-order valence-electron chi connectivity index (χ0n) is 20.6. The van der Waals surface area contributed by atoms with E-state index >= 15 is 0 Å². The van der Waals surface area contributed by atoms with E-state index in [-0.39, 0.29) is 5.91 Å². The average Bonchev–Trinajstić information content (AvgIpc) is 3.36. The minimum atomic E-state index is -0.415. The highest BCUT2D eigenvalue weighted by molar-refractivity contribution is 7.98.